The van der Waals surface area contributed by atoms with Crippen LogP contribution in [-0.4, -0.2) is 31.6 Å². The Labute approximate surface area is 87.1 Å². The summed E-state index contributed by atoms with van der Waals surface area (Å²) in [7, 11) is 1.68. The average Bonchev–Trinajstić information content (AvgIpc) is 2.88. The summed E-state index contributed by atoms with van der Waals surface area (Å²) in [5.74, 6) is 0.186. The number of Topliss-reactive ketones (excluding diaryl/α,β-unsaturated/α-hetero) is 1. The molecule has 0 aliphatic carbocycles. The van der Waals surface area contributed by atoms with Gasteiger partial charge in [-0.2, -0.15) is 11.3 Å². The lowest BCUT2D eigenvalue weighted by Crippen LogP contribution is -2.30. The van der Waals surface area contributed by atoms with E-state index in [2.05, 4.69) is 5.32 Å². The first-order valence-corrected chi connectivity index (χ1v) is 5.58. The van der Waals surface area contributed by atoms with Crippen LogP contribution in [0.3, 0.4) is 0 Å². The number of nitrogens with one attached hydrogen (secondary N) is 1. The fourth-order valence-corrected chi connectivity index (χ4v) is 2.33. The molecule has 1 saturated heterocycles. The van der Waals surface area contributed by atoms with Crippen LogP contribution in [0.5, 0.6) is 0 Å². The third kappa shape index (κ3) is 1.87. The van der Waals surface area contributed by atoms with Gasteiger partial charge in [-0.05, 0) is 17.9 Å². The first kappa shape index (κ1) is 9.83. The van der Waals surface area contributed by atoms with Crippen molar-refractivity contribution in [2.75, 3.05) is 13.7 Å². The van der Waals surface area contributed by atoms with Gasteiger partial charge in [0.05, 0.1) is 12.1 Å². The lowest BCUT2D eigenvalue weighted by Gasteiger charge is -2.07. The van der Waals surface area contributed by atoms with Crippen LogP contribution >= 0.6 is 11.3 Å². The Bertz CT molecular complexity index is 310. The molecule has 1 aromatic heterocycles. The highest BCUT2D eigenvalue weighted by molar-refractivity contribution is 7.08. The third-order valence-electron chi connectivity index (χ3n) is 2.55. The molecule has 76 valence electrons. The van der Waals surface area contributed by atoms with Crippen molar-refractivity contribution < 1.29 is 9.53 Å². The molecule has 1 aliphatic heterocycles. The van der Waals surface area contributed by atoms with Crippen molar-refractivity contribution in [2.45, 2.75) is 18.6 Å². The predicted octanol–water partition coefficient (Wildman–Crippen LogP) is 1.31. The molecule has 3 nitrogen and oxygen atoms in total. The van der Waals surface area contributed by atoms with Crippen molar-refractivity contribution in [3.63, 3.8) is 0 Å². The van der Waals surface area contributed by atoms with E-state index in [0.717, 1.165) is 18.5 Å². The largest absolute Gasteiger partial charge is 0.380 e. The second kappa shape index (κ2) is 4.21. The molecular weight excluding hydrogens is 198 g/mol. The van der Waals surface area contributed by atoms with Crippen LogP contribution in [0.4, 0.5) is 0 Å². The number of carbonyl (C=O) groups is 1. The quantitative estimate of drug-likeness (QED) is 0.766. The lowest BCUT2D eigenvalue weighted by molar-refractivity contribution is 0.0919. The van der Waals surface area contributed by atoms with E-state index in [1.807, 2.05) is 16.8 Å². The monoisotopic (exact) mass is 211 g/mol. The van der Waals surface area contributed by atoms with Crippen molar-refractivity contribution in [1.82, 2.24) is 5.32 Å². The number of methoxy groups -OCH3 is 1. The van der Waals surface area contributed by atoms with Gasteiger partial charge in [-0.25, -0.2) is 0 Å². The Morgan fingerprint density at radius 2 is 2.57 bits per heavy atom. The molecule has 2 rings (SSSR count). The molecule has 14 heavy (non-hydrogen) atoms. The molecule has 0 spiro atoms. The Balaban J connectivity index is 2.00. The highest BCUT2D eigenvalue weighted by Crippen LogP contribution is 2.16. The number of ketones is 1. The van der Waals surface area contributed by atoms with Gasteiger partial charge < -0.3 is 10.1 Å². The summed E-state index contributed by atoms with van der Waals surface area (Å²) in [6.07, 6.45) is 0.966. The number of carbonyl (C=O) groups excluding carboxylic acids is 1. The molecule has 0 saturated carbocycles. The SMILES string of the molecule is COC1CNC(C(=O)c2ccsc2)C1. The van der Waals surface area contributed by atoms with Gasteiger partial charge in [-0.3, -0.25) is 4.79 Å². The van der Waals surface area contributed by atoms with E-state index in [0.29, 0.717) is 0 Å². The average molecular weight is 211 g/mol. The Hall–Kier alpha value is -0.710. The summed E-state index contributed by atoms with van der Waals surface area (Å²) >= 11 is 1.55. The zero-order valence-electron chi connectivity index (χ0n) is 8.03. The third-order valence-corrected chi connectivity index (χ3v) is 3.23. The maximum Gasteiger partial charge on any atom is 0.180 e. The predicted molar refractivity (Wildman–Crippen MR) is 55.9 cm³/mol. The van der Waals surface area contributed by atoms with E-state index in [-0.39, 0.29) is 17.9 Å². The van der Waals surface area contributed by atoms with Crippen molar-refractivity contribution in [3.8, 4) is 0 Å². The van der Waals surface area contributed by atoms with E-state index in [4.69, 9.17) is 4.74 Å². The second-order valence-corrected chi connectivity index (χ2v) is 4.21. The maximum atomic E-state index is 11.9. The summed E-state index contributed by atoms with van der Waals surface area (Å²) < 4.78 is 5.20. The van der Waals surface area contributed by atoms with E-state index >= 15 is 0 Å². The van der Waals surface area contributed by atoms with Crippen molar-refractivity contribution in [1.29, 1.82) is 0 Å². The van der Waals surface area contributed by atoms with Crippen molar-refractivity contribution >= 4 is 17.1 Å². The van der Waals surface area contributed by atoms with Crippen LogP contribution in [0, 0.1) is 0 Å². The minimum Gasteiger partial charge on any atom is -0.380 e. The molecular formula is C10H13NO2S. The first-order valence-electron chi connectivity index (χ1n) is 4.64. The molecule has 2 unspecified atom stereocenters. The molecule has 1 fully saturated rings. The molecule has 1 aromatic rings. The summed E-state index contributed by atoms with van der Waals surface area (Å²) in [4.78, 5) is 11.9. The second-order valence-electron chi connectivity index (χ2n) is 3.43. The van der Waals surface area contributed by atoms with Crippen LogP contribution in [0.25, 0.3) is 0 Å². The molecule has 2 atom stereocenters. The molecule has 0 aromatic carbocycles. The first-order chi connectivity index (χ1) is 6.81. The highest BCUT2D eigenvalue weighted by Gasteiger charge is 2.29. The van der Waals surface area contributed by atoms with E-state index < -0.39 is 0 Å². The highest BCUT2D eigenvalue weighted by atomic mass is 32.1. The van der Waals surface area contributed by atoms with E-state index in [1.54, 1.807) is 18.4 Å². The normalized spacial score (nSPS) is 26.6. The molecule has 0 bridgehead atoms. The van der Waals surface area contributed by atoms with Crippen LogP contribution in [0.15, 0.2) is 16.8 Å². The van der Waals surface area contributed by atoms with Crippen molar-refractivity contribution in [2.24, 2.45) is 0 Å². The van der Waals surface area contributed by atoms with Crippen LogP contribution in [0.2, 0.25) is 0 Å². The molecule has 2 heterocycles. The van der Waals surface area contributed by atoms with Gasteiger partial charge >= 0.3 is 0 Å². The Kier molecular flexibility index (Phi) is 2.96. The van der Waals surface area contributed by atoms with Gasteiger partial charge in [0.2, 0.25) is 0 Å². The van der Waals surface area contributed by atoms with Crippen LogP contribution in [0.1, 0.15) is 16.8 Å². The van der Waals surface area contributed by atoms with E-state index in [9.17, 15) is 4.79 Å². The maximum absolute atomic E-state index is 11.9. The molecule has 1 aliphatic rings. The standard InChI is InChI=1S/C10H13NO2S/c1-13-8-4-9(11-5-8)10(12)7-2-3-14-6-7/h2-3,6,8-9,11H,4-5H2,1H3. The fraction of sp³-hybridized carbons (Fsp3) is 0.500. The van der Waals surface area contributed by atoms with Crippen LogP contribution in [-0.2, 0) is 4.74 Å². The topological polar surface area (TPSA) is 38.3 Å². The molecule has 0 amide bonds. The molecule has 0 radical (unpaired) electrons. The van der Waals surface area contributed by atoms with Gasteiger partial charge in [-0.1, -0.05) is 0 Å². The number of hydrogen-bond donors (Lipinski definition) is 1. The van der Waals surface area contributed by atoms with Gasteiger partial charge in [0.25, 0.3) is 0 Å². The fourth-order valence-electron chi connectivity index (χ4n) is 1.69. The van der Waals surface area contributed by atoms with Gasteiger partial charge in [0, 0.05) is 24.6 Å². The Morgan fingerprint density at radius 1 is 1.71 bits per heavy atom. The summed E-state index contributed by atoms with van der Waals surface area (Å²) in [5, 5.41) is 7.00. The minimum absolute atomic E-state index is 0.0606. The lowest BCUT2D eigenvalue weighted by atomic mass is 10.1. The summed E-state index contributed by atoms with van der Waals surface area (Å²) in [6.45, 7) is 0.775. The molecule has 4 heteroatoms. The number of rotatable bonds is 3. The zero-order chi connectivity index (χ0) is 9.97. The van der Waals surface area contributed by atoms with Gasteiger partial charge in [0.1, 0.15) is 0 Å². The molecule has 1 N–H and O–H groups in total. The van der Waals surface area contributed by atoms with Gasteiger partial charge in [-0.15, -0.1) is 0 Å². The van der Waals surface area contributed by atoms with Crippen molar-refractivity contribution in [3.05, 3.63) is 22.4 Å². The summed E-state index contributed by atoms with van der Waals surface area (Å²) in [5.41, 5.74) is 0.809. The number of ether oxygens (including phenoxy) is 1. The minimum atomic E-state index is -0.0606. The summed E-state index contributed by atoms with van der Waals surface area (Å²) in [6, 6.07) is 1.81. The number of hydrogen-bond acceptors (Lipinski definition) is 4. The Morgan fingerprint density at radius 3 is 3.14 bits per heavy atom. The van der Waals surface area contributed by atoms with Crippen LogP contribution < -0.4 is 5.32 Å². The van der Waals surface area contributed by atoms with Gasteiger partial charge in [0.15, 0.2) is 5.78 Å². The zero-order valence-corrected chi connectivity index (χ0v) is 8.84. The smallest absolute Gasteiger partial charge is 0.180 e. The van der Waals surface area contributed by atoms with E-state index in [1.165, 1.54) is 0 Å². The number of thiophene rings is 1.